The average Bonchev–Trinajstić information content (AvgIpc) is 2.51. The first-order valence-electron chi connectivity index (χ1n) is 4.74. The highest BCUT2D eigenvalue weighted by Crippen LogP contribution is 2.20. The third-order valence-corrected chi connectivity index (χ3v) is 3.70. The molecule has 0 aromatic heterocycles. The fraction of sp³-hybridized carbons (Fsp3) is 0.667. The second kappa shape index (κ2) is 3.43. The Hall–Kier alpha value is -0.573. The summed E-state index contributed by atoms with van der Waals surface area (Å²) < 4.78 is 4.95. The van der Waals surface area contributed by atoms with Gasteiger partial charge in [-0.1, -0.05) is 6.92 Å². The van der Waals surface area contributed by atoms with E-state index in [1.807, 2.05) is 0 Å². The number of nitrogens with zero attached hydrogens (tertiary/aromatic N) is 2. The normalized spacial score (nSPS) is 21.9. The van der Waals surface area contributed by atoms with E-state index < -0.39 is 0 Å². The molecular formula is C9H15N2Si+. The van der Waals surface area contributed by atoms with Crippen molar-refractivity contribution < 1.29 is 4.24 Å². The number of rotatable bonds is 2. The molecule has 0 N–H and O–H groups in total. The summed E-state index contributed by atoms with van der Waals surface area (Å²) in [7, 11) is 0.876. The first-order chi connectivity index (χ1) is 5.90. The highest BCUT2D eigenvalue weighted by atomic mass is 28.2. The lowest BCUT2D eigenvalue weighted by atomic mass is 10.3. The van der Waals surface area contributed by atoms with Crippen molar-refractivity contribution in [1.82, 2.24) is 4.57 Å². The van der Waals surface area contributed by atoms with Crippen molar-refractivity contribution in [1.29, 1.82) is 0 Å². The van der Waals surface area contributed by atoms with E-state index in [1.165, 1.54) is 32.4 Å². The van der Waals surface area contributed by atoms with Gasteiger partial charge in [0.1, 0.15) is 12.8 Å². The molecule has 2 radical (unpaired) electrons. The molecule has 0 amide bonds. The van der Waals surface area contributed by atoms with Gasteiger partial charge < -0.3 is 4.57 Å². The molecule has 3 heteroatoms. The molecule has 2 nitrogen and oxygen atoms in total. The Morgan fingerprint density at radius 3 is 3.42 bits per heavy atom. The highest BCUT2D eigenvalue weighted by molar-refractivity contribution is 6.24. The molecule has 0 spiro atoms. The highest BCUT2D eigenvalue weighted by Gasteiger charge is 2.28. The van der Waals surface area contributed by atoms with Crippen molar-refractivity contribution in [3.8, 4) is 0 Å². The molecule has 0 bridgehead atoms. The van der Waals surface area contributed by atoms with Gasteiger partial charge in [0.05, 0.1) is 0 Å². The minimum Gasteiger partial charge on any atom is -0.341 e. The summed E-state index contributed by atoms with van der Waals surface area (Å²) in [5.74, 6) is 0. The zero-order valence-corrected chi connectivity index (χ0v) is 8.58. The van der Waals surface area contributed by atoms with E-state index in [1.54, 1.807) is 5.70 Å². The molecule has 2 aliphatic heterocycles. The molecule has 0 aromatic rings. The van der Waals surface area contributed by atoms with Gasteiger partial charge in [0.2, 0.25) is 0 Å². The molecular weight excluding hydrogens is 164 g/mol. The summed E-state index contributed by atoms with van der Waals surface area (Å²) in [6.07, 6.45) is 8.45. The van der Waals surface area contributed by atoms with Crippen molar-refractivity contribution in [3.05, 3.63) is 11.8 Å². The van der Waals surface area contributed by atoms with E-state index in [-0.39, 0.29) is 0 Å². The van der Waals surface area contributed by atoms with Crippen molar-refractivity contribution in [2.45, 2.75) is 26.2 Å². The topological polar surface area (TPSA) is 6.25 Å². The fourth-order valence-electron chi connectivity index (χ4n) is 1.71. The summed E-state index contributed by atoms with van der Waals surface area (Å²) in [5.41, 5.74) is 1.56. The van der Waals surface area contributed by atoms with E-state index >= 15 is 0 Å². The summed E-state index contributed by atoms with van der Waals surface area (Å²) >= 11 is 0. The van der Waals surface area contributed by atoms with Gasteiger partial charge >= 0.3 is 9.84 Å². The maximum atomic E-state index is 2.52. The van der Waals surface area contributed by atoms with Crippen LogP contribution in [0.1, 0.15) is 26.2 Å². The van der Waals surface area contributed by atoms with E-state index in [4.69, 9.17) is 0 Å². The van der Waals surface area contributed by atoms with Gasteiger partial charge in [0, 0.05) is 24.7 Å². The average molecular weight is 179 g/mol. The quantitative estimate of drug-likeness (QED) is 0.573. The number of allylic oxidation sites excluding steroid dienone is 2. The summed E-state index contributed by atoms with van der Waals surface area (Å²) in [6, 6.07) is 0. The molecule has 2 aliphatic rings. The minimum absolute atomic E-state index is 0.876. The van der Waals surface area contributed by atoms with Crippen molar-refractivity contribution in [3.63, 3.8) is 0 Å². The smallest absolute Gasteiger partial charge is 0.341 e. The second-order valence-electron chi connectivity index (χ2n) is 3.36. The van der Waals surface area contributed by atoms with Crippen molar-refractivity contribution in [2.75, 3.05) is 13.1 Å². The summed E-state index contributed by atoms with van der Waals surface area (Å²) in [4.78, 5) is 0. The van der Waals surface area contributed by atoms with E-state index in [0.717, 1.165) is 9.84 Å². The van der Waals surface area contributed by atoms with Crippen molar-refractivity contribution in [2.24, 2.45) is 0 Å². The van der Waals surface area contributed by atoms with Crippen LogP contribution in [0.5, 0.6) is 0 Å². The fourth-order valence-corrected chi connectivity index (χ4v) is 3.06. The molecule has 1 fully saturated rings. The lowest BCUT2D eigenvalue weighted by molar-refractivity contribution is -0.384. The molecule has 0 aromatic carbocycles. The van der Waals surface area contributed by atoms with Gasteiger partial charge in [0.15, 0.2) is 0 Å². The van der Waals surface area contributed by atoms with Gasteiger partial charge in [-0.2, -0.15) is 0 Å². The van der Waals surface area contributed by atoms with E-state index in [2.05, 4.69) is 28.0 Å². The van der Waals surface area contributed by atoms with E-state index in [0.29, 0.717) is 0 Å². The molecule has 0 aliphatic carbocycles. The standard InChI is InChI=1S/C9H15N2Si/c1-2-6-10-8-5-9-4-3-7-11(9)12-10/h5,8H,2-4,6-7H2,1H3/q+1. The van der Waals surface area contributed by atoms with Crippen LogP contribution in [0, 0.1) is 0 Å². The number of hydrogen-bond donors (Lipinski definition) is 0. The molecule has 12 heavy (non-hydrogen) atoms. The lowest BCUT2D eigenvalue weighted by Crippen LogP contribution is -2.36. The number of hydrogen-bond acceptors (Lipinski definition) is 1. The Bertz CT molecular complexity index is 233. The molecule has 2 rings (SSSR count). The first kappa shape index (κ1) is 8.04. The van der Waals surface area contributed by atoms with Gasteiger partial charge in [-0.3, -0.25) is 4.24 Å². The SMILES string of the molecule is CCC[N+]1=CC=C2CCCN2[Si]1. The zero-order chi connectivity index (χ0) is 8.39. The Balaban J connectivity index is 2.05. The van der Waals surface area contributed by atoms with Gasteiger partial charge in [0.25, 0.3) is 0 Å². The summed E-state index contributed by atoms with van der Waals surface area (Å²) in [5, 5.41) is 0. The predicted molar refractivity (Wildman–Crippen MR) is 51.3 cm³/mol. The lowest BCUT2D eigenvalue weighted by Gasteiger charge is -2.16. The Morgan fingerprint density at radius 2 is 2.58 bits per heavy atom. The van der Waals surface area contributed by atoms with Crippen LogP contribution >= 0.6 is 0 Å². The largest absolute Gasteiger partial charge is 0.644 e. The second-order valence-corrected chi connectivity index (χ2v) is 4.67. The monoisotopic (exact) mass is 179 g/mol. The van der Waals surface area contributed by atoms with Crippen LogP contribution in [0.4, 0.5) is 0 Å². The molecule has 0 unspecified atom stereocenters. The van der Waals surface area contributed by atoms with Crippen LogP contribution in [-0.4, -0.2) is 38.0 Å². The van der Waals surface area contributed by atoms with Crippen molar-refractivity contribution >= 4 is 16.1 Å². The van der Waals surface area contributed by atoms with Gasteiger partial charge in [-0.05, 0) is 12.8 Å². The maximum absolute atomic E-state index is 2.52. The minimum atomic E-state index is 0.876. The maximum Gasteiger partial charge on any atom is 0.644 e. The molecule has 0 saturated carbocycles. The van der Waals surface area contributed by atoms with Crippen LogP contribution < -0.4 is 0 Å². The van der Waals surface area contributed by atoms with Crippen LogP contribution in [0.25, 0.3) is 0 Å². The van der Waals surface area contributed by atoms with Gasteiger partial charge in [-0.25, -0.2) is 0 Å². The summed E-state index contributed by atoms with van der Waals surface area (Å²) in [6.45, 7) is 4.72. The number of fused-ring (bicyclic) bond motifs is 1. The Kier molecular flexibility index (Phi) is 2.30. The Morgan fingerprint density at radius 1 is 1.67 bits per heavy atom. The Labute approximate surface area is 76.6 Å². The first-order valence-corrected chi connectivity index (χ1v) is 5.64. The third kappa shape index (κ3) is 1.46. The predicted octanol–water partition coefficient (Wildman–Crippen LogP) is 1.01. The van der Waals surface area contributed by atoms with Crippen LogP contribution in [0.3, 0.4) is 0 Å². The van der Waals surface area contributed by atoms with Crippen LogP contribution in [-0.2, 0) is 0 Å². The molecule has 64 valence electrons. The molecule has 0 atom stereocenters. The van der Waals surface area contributed by atoms with E-state index in [9.17, 15) is 0 Å². The van der Waals surface area contributed by atoms with Crippen LogP contribution in [0.15, 0.2) is 11.8 Å². The zero-order valence-electron chi connectivity index (χ0n) is 7.58. The molecule has 2 heterocycles. The molecule has 1 saturated heterocycles. The van der Waals surface area contributed by atoms with Crippen LogP contribution in [0.2, 0.25) is 0 Å². The van der Waals surface area contributed by atoms with Gasteiger partial charge in [-0.15, -0.1) is 0 Å². The third-order valence-electron chi connectivity index (χ3n) is 2.32.